The van der Waals surface area contributed by atoms with Gasteiger partial charge in [-0.2, -0.15) is 0 Å². The molecular weight excluding hydrogens is 661 g/mol. The number of benzene rings is 8. The minimum Gasteiger partial charge on any atom is -0.455 e. The Labute approximate surface area is 310 Å². The molecule has 0 saturated carbocycles. The third kappa shape index (κ3) is 4.76. The number of hydrogen-bond acceptors (Lipinski definition) is 4. The van der Waals surface area contributed by atoms with E-state index < -0.39 is 0 Å². The van der Waals surface area contributed by atoms with Gasteiger partial charge in [0.15, 0.2) is 17.5 Å². The molecule has 0 saturated heterocycles. The first-order valence-corrected chi connectivity index (χ1v) is 18.1. The highest BCUT2D eigenvalue weighted by Crippen LogP contribution is 2.44. The van der Waals surface area contributed by atoms with Gasteiger partial charge in [0.2, 0.25) is 0 Å². The van der Waals surface area contributed by atoms with E-state index >= 15 is 0 Å². The van der Waals surface area contributed by atoms with Gasteiger partial charge in [-0.1, -0.05) is 146 Å². The lowest BCUT2D eigenvalue weighted by Gasteiger charge is -2.12. The van der Waals surface area contributed by atoms with Crippen LogP contribution >= 0.6 is 0 Å². The first-order valence-electron chi connectivity index (χ1n) is 18.1. The van der Waals surface area contributed by atoms with E-state index in [0.717, 1.165) is 66.2 Å². The third-order valence-corrected chi connectivity index (χ3v) is 10.5. The fourth-order valence-electron chi connectivity index (χ4n) is 7.94. The molecule has 8 aromatic carbocycles. The molecule has 54 heavy (non-hydrogen) atoms. The topological polar surface area (TPSA) is 56.7 Å². The maximum absolute atomic E-state index is 6.98. The van der Waals surface area contributed by atoms with Crippen LogP contribution in [0.25, 0.3) is 105 Å². The highest BCUT2D eigenvalue weighted by Gasteiger charge is 2.22. The molecule has 0 spiro atoms. The summed E-state index contributed by atoms with van der Waals surface area (Å²) in [5, 5.41) is 6.76. The number of para-hydroxylation sites is 2. The molecule has 11 aromatic rings. The van der Waals surface area contributed by atoms with Crippen molar-refractivity contribution in [2.75, 3.05) is 0 Å². The molecule has 11 rings (SSSR count). The lowest BCUT2D eigenvalue weighted by atomic mass is 9.96. The lowest BCUT2D eigenvalue weighted by Crippen LogP contribution is -2.00. The van der Waals surface area contributed by atoms with E-state index in [9.17, 15) is 0 Å². The number of rotatable bonds is 5. The van der Waals surface area contributed by atoms with E-state index in [4.69, 9.17) is 19.4 Å². The van der Waals surface area contributed by atoms with Gasteiger partial charge in [-0.05, 0) is 52.9 Å². The predicted molar refractivity (Wildman–Crippen MR) is 221 cm³/mol. The van der Waals surface area contributed by atoms with Crippen molar-refractivity contribution in [3.05, 3.63) is 182 Å². The molecule has 0 aliphatic rings. The Hall–Kier alpha value is -7.37. The van der Waals surface area contributed by atoms with Crippen LogP contribution in [0.1, 0.15) is 0 Å². The summed E-state index contributed by atoms with van der Waals surface area (Å²) in [5.41, 5.74) is 9.91. The average Bonchev–Trinajstić information content (AvgIpc) is 3.81. The second-order valence-electron chi connectivity index (χ2n) is 13.6. The van der Waals surface area contributed by atoms with Crippen molar-refractivity contribution in [3.8, 4) is 51.0 Å². The molecule has 0 aliphatic heterocycles. The van der Waals surface area contributed by atoms with Crippen molar-refractivity contribution < 1.29 is 4.42 Å². The van der Waals surface area contributed by atoms with Gasteiger partial charge in [-0.25, -0.2) is 15.0 Å². The summed E-state index contributed by atoms with van der Waals surface area (Å²) in [7, 11) is 0. The van der Waals surface area contributed by atoms with Gasteiger partial charge in [0, 0.05) is 43.7 Å². The van der Waals surface area contributed by atoms with E-state index in [1.54, 1.807) is 0 Å². The molecule has 0 N–H and O–H groups in total. The summed E-state index contributed by atoms with van der Waals surface area (Å²) in [4.78, 5) is 15.1. The Morgan fingerprint density at radius 3 is 1.54 bits per heavy atom. The average molecular weight is 691 g/mol. The zero-order valence-electron chi connectivity index (χ0n) is 29.0. The quantitative estimate of drug-likeness (QED) is 0.180. The van der Waals surface area contributed by atoms with Crippen LogP contribution in [0.15, 0.2) is 186 Å². The summed E-state index contributed by atoms with van der Waals surface area (Å²) in [6, 6.07) is 63.3. The fraction of sp³-hybridized carbons (Fsp3) is 0. The molecule has 0 unspecified atom stereocenters. The van der Waals surface area contributed by atoms with Crippen LogP contribution in [0.5, 0.6) is 0 Å². The van der Waals surface area contributed by atoms with Gasteiger partial charge in [-0.3, -0.25) is 0 Å². The highest BCUT2D eigenvalue weighted by molar-refractivity contribution is 6.21. The van der Waals surface area contributed by atoms with Crippen molar-refractivity contribution in [1.82, 2.24) is 19.5 Å². The monoisotopic (exact) mass is 690 g/mol. The molecule has 252 valence electrons. The van der Waals surface area contributed by atoms with Crippen LogP contribution in [0, 0.1) is 0 Å². The van der Waals surface area contributed by atoms with E-state index in [-0.39, 0.29) is 0 Å². The Morgan fingerprint density at radius 1 is 0.352 bits per heavy atom. The molecular formula is C49H30N4O. The summed E-state index contributed by atoms with van der Waals surface area (Å²) >= 11 is 0. The van der Waals surface area contributed by atoms with Gasteiger partial charge in [0.1, 0.15) is 11.2 Å². The third-order valence-electron chi connectivity index (χ3n) is 10.5. The van der Waals surface area contributed by atoms with Gasteiger partial charge >= 0.3 is 0 Å². The maximum Gasteiger partial charge on any atom is 0.167 e. The van der Waals surface area contributed by atoms with Gasteiger partial charge < -0.3 is 8.98 Å². The fourth-order valence-corrected chi connectivity index (χ4v) is 7.94. The van der Waals surface area contributed by atoms with Crippen LogP contribution < -0.4 is 0 Å². The summed E-state index contributed by atoms with van der Waals surface area (Å²) in [5.74, 6) is 1.78. The minimum atomic E-state index is 0.560. The molecule has 3 heterocycles. The molecule has 5 nitrogen and oxygen atoms in total. The molecule has 0 aliphatic carbocycles. The molecule has 5 heteroatoms. The zero-order chi connectivity index (χ0) is 35.6. The molecule has 0 radical (unpaired) electrons. The highest BCUT2D eigenvalue weighted by atomic mass is 16.3. The Morgan fingerprint density at radius 2 is 0.889 bits per heavy atom. The first-order chi connectivity index (χ1) is 26.8. The zero-order valence-corrected chi connectivity index (χ0v) is 29.0. The molecule has 0 bridgehead atoms. The van der Waals surface area contributed by atoms with E-state index in [0.29, 0.717) is 17.5 Å². The summed E-state index contributed by atoms with van der Waals surface area (Å²) < 4.78 is 9.33. The second-order valence-corrected chi connectivity index (χ2v) is 13.6. The molecule has 0 fully saturated rings. The van der Waals surface area contributed by atoms with Crippen molar-refractivity contribution >= 4 is 54.5 Å². The van der Waals surface area contributed by atoms with Crippen LogP contribution in [0.2, 0.25) is 0 Å². The number of aromatic nitrogens is 4. The number of nitrogens with zero attached hydrogens (tertiary/aromatic N) is 4. The SMILES string of the molecule is c1ccc(-c2nc(-c3ccccc3)nc(-c3ccc(-c4ccc(-n5c6ccccc6c6ccccc65)cc4)c4c3oc3c5ccccc5ccc34)n2)cc1. The van der Waals surface area contributed by atoms with Crippen LogP contribution in [-0.4, -0.2) is 19.5 Å². The normalized spacial score (nSPS) is 11.7. The van der Waals surface area contributed by atoms with Crippen molar-refractivity contribution in [2.45, 2.75) is 0 Å². The molecule has 0 amide bonds. The Kier molecular flexibility index (Phi) is 6.79. The first kappa shape index (κ1) is 30.3. The number of furan rings is 1. The van der Waals surface area contributed by atoms with Gasteiger partial charge in [0.05, 0.1) is 16.6 Å². The minimum absolute atomic E-state index is 0.560. The standard InChI is InChI=1S/C49H30N4O/c1-3-14-33(15-4-1)47-50-48(34-16-5-2-6-17-34)52-49(51-47)41-30-29-36(44-40-28-25-31-13-7-8-18-37(31)45(40)54-46(41)44)32-23-26-35(27-24-32)53-42-21-11-9-19-38(42)39-20-10-12-22-43(39)53/h1-30H. The maximum atomic E-state index is 6.98. The smallest absolute Gasteiger partial charge is 0.167 e. The van der Waals surface area contributed by atoms with Gasteiger partial charge in [-0.15, -0.1) is 0 Å². The van der Waals surface area contributed by atoms with Crippen LogP contribution in [-0.2, 0) is 0 Å². The second kappa shape index (κ2) is 12.1. The largest absolute Gasteiger partial charge is 0.455 e. The summed E-state index contributed by atoms with van der Waals surface area (Å²) in [6.45, 7) is 0. The lowest BCUT2D eigenvalue weighted by molar-refractivity contribution is 0.673. The van der Waals surface area contributed by atoms with Crippen LogP contribution in [0.4, 0.5) is 0 Å². The van der Waals surface area contributed by atoms with Crippen molar-refractivity contribution in [1.29, 1.82) is 0 Å². The van der Waals surface area contributed by atoms with Crippen molar-refractivity contribution in [3.63, 3.8) is 0 Å². The Bertz CT molecular complexity index is 3090. The summed E-state index contributed by atoms with van der Waals surface area (Å²) in [6.07, 6.45) is 0. The van der Waals surface area contributed by atoms with E-state index in [1.807, 2.05) is 60.7 Å². The Balaban J connectivity index is 1.14. The molecule has 0 atom stereocenters. The predicted octanol–water partition coefficient (Wildman–Crippen LogP) is 12.7. The number of fused-ring (bicyclic) bond motifs is 8. The van der Waals surface area contributed by atoms with Crippen LogP contribution in [0.3, 0.4) is 0 Å². The van der Waals surface area contributed by atoms with Gasteiger partial charge in [0.25, 0.3) is 0 Å². The van der Waals surface area contributed by atoms with E-state index in [1.165, 1.54) is 21.8 Å². The van der Waals surface area contributed by atoms with Crippen molar-refractivity contribution in [2.24, 2.45) is 0 Å². The number of hydrogen-bond donors (Lipinski definition) is 0. The van der Waals surface area contributed by atoms with E-state index in [2.05, 4.69) is 126 Å². The molecule has 3 aromatic heterocycles.